The third kappa shape index (κ3) is 12.5. The van der Waals surface area contributed by atoms with Gasteiger partial charge in [-0.2, -0.15) is 0 Å². The summed E-state index contributed by atoms with van der Waals surface area (Å²) in [5.41, 5.74) is 0. The Bertz CT molecular complexity index is 164. The molecule has 0 aromatic rings. The smallest absolute Gasteiger partial charge is 0.00385 e. The van der Waals surface area contributed by atoms with Crippen LogP contribution < -0.4 is 0 Å². The summed E-state index contributed by atoms with van der Waals surface area (Å²) < 4.78 is 0. The number of nitrogens with zero attached hydrogens (tertiary/aromatic N) is 1. The van der Waals surface area contributed by atoms with E-state index in [2.05, 4.69) is 32.6 Å². The van der Waals surface area contributed by atoms with E-state index in [9.17, 15) is 0 Å². The van der Waals surface area contributed by atoms with Crippen LogP contribution in [0.25, 0.3) is 0 Å². The van der Waals surface area contributed by atoms with E-state index in [1.165, 1.54) is 64.5 Å². The van der Waals surface area contributed by atoms with Gasteiger partial charge >= 0.3 is 0 Å². The Hall–Kier alpha value is -0.0400. The van der Waals surface area contributed by atoms with E-state index in [0.29, 0.717) is 0 Å². The zero-order valence-electron chi connectivity index (χ0n) is 17.3. The molecule has 0 amide bonds. The van der Waals surface area contributed by atoms with Crippen LogP contribution in [0.5, 0.6) is 0 Å². The number of rotatable bonds is 2. The van der Waals surface area contributed by atoms with Gasteiger partial charge in [0.2, 0.25) is 0 Å². The molecule has 0 aromatic carbocycles. The van der Waals surface area contributed by atoms with Crippen LogP contribution in [-0.4, -0.2) is 24.0 Å². The summed E-state index contributed by atoms with van der Waals surface area (Å²) in [5.74, 6) is 1.99. The fraction of sp³-hybridized carbons (Fsp3) is 1.00. The molecule has 0 radical (unpaired) electrons. The average molecular weight is 314 g/mol. The summed E-state index contributed by atoms with van der Waals surface area (Å²) in [6.45, 7) is 19.9. The maximum absolute atomic E-state index is 2.56. The minimum Gasteiger partial charge on any atom is -0.301 e. The molecule has 1 aliphatic heterocycles. The zero-order valence-corrected chi connectivity index (χ0v) is 17.3. The molecule has 1 aliphatic carbocycles. The molecule has 136 valence electrons. The van der Waals surface area contributed by atoms with Gasteiger partial charge in [-0.1, -0.05) is 80.1 Å². The maximum Gasteiger partial charge on any atom is 0.00385 e. The maximum atomic E-state index is 2.56. The molecule has 0 spiro atoms. The van der Waals surface area contributed by atoms with Crippen LogP contribution in [0.3, 0.4) is 0 Å². The summed E-state index contributed by atoms with van der Waals surface area (Å²) in [4.78, 5) is 2.56. The van der Waals surface area contributed by atoms with Gasteiger partial charge in [0.1, 0.15) is 0 Å². The largest absolute Gasteiger partial charge is 0.301 e. The number of hydrogen-bond donors (Lipinski definition) is 0. The van der Waals surface area contributed by atoms with Gasteiger partial charge in [-0.15, -0.1) is 0 Å². The third-order valence-corrected chi connectivity index (χ3v) is 4.71. The van der Waals surface area contributed by atoms with Crippen LogP contribution in [0.15, 0.2) is 0 Å². The quantitative estimate of drug-likeness (QED) is 0.523. The van der Waals surface area contributed by atoms with E-state index < -0.39 is 0 Å². The molecule has 0 aromatic heterocycles. The first-order valence-corrected chi connectivity index (χ1v) is 10.3. The standard InChI is InChI=1S/C9H18.C8H17N.2C2H6/c2*1-8(2)9-6-4-3-5-7-9;2*1-2/h8-9H,3-7H2,1-2H3;8H,3-7H2,1-2H3;2*1-2H3. The zero-order chi connectivity index (χ0) is 17.4. The van der Waals surface area contributed by atoms with Gasteiger partial charge in [0.25, 0.3) is 0 Å². The molecule has 1 heterocycles. The van der Waals surface area contributed by atoms with Crippen molar-refractivity contribution in [2.45, 2.75) is 113 Å². The summed E-state index contributed by atoms with van der Waals surface area (Å²) in [7, 11) is 0. The summed E-state index contributed by atoms with van der Waals surface area (Å²) in [5, 5.41) is 0. The predicted molar refractivity (Wildman–Crippen MR) is 105 cm³/mol. The van der Waals surface area contributed by atoms with Gasteiger partial charge in [-0.3, -0.25) is 0 Å². The Kier molecular flexibility index (Phi) is 19.1. The average Bonchev–Trinajstić information content (AvgIpc) is 2.60. The van der Waals surface area contributed by atoms with Gasteiger partial charge in [-0.05, 0) is 51.6 Å². The Morgan fingerprint density at radius 3 is 1.32 bits per heavy atom. The highest BCUT2D eigenvalue weighted by Gasteiger charge is 2.15. The molecule has 0 bridgehead atoms. The highest BCUT2D eigenvalue weighted by molar-refractivity contribution is 4.68. The number of piperidine rings is 1. The first-order chi connectivity index (χ1) is 10.6. The van der Waals surface area contributed by atoms with Gasteiger partial charge in [0.15, 0.2) is 0 Å². The van der Waals surface area contributed by atoms with E-state index >= 15 is 0 Å². The van der Waals surface area contributed by atoms with Crippen molar-refractivity contribution in [2.24, 2.45) is 11.8 Å². The third-order valence-electron chi connectivity index (χ3n) is 4.71. The van der Waals surface area contributed by atoms with E-state index in [1.807, 2.05) is 27.7 Å². The lowest BCUT2D eigenvalue weighted by Gasteiger charge is -2.29. The molecule has 0 atom stereocenters. The summed E-state index contributed by atoms with van der Waals surface area (Å²) >= 11 is 0. The monoisotopic (exact) mass is 313 g/mol. The van der Waals surface area contributed by atoms with Crippen molar-refractivity contribution >= 4 is 0 Å². The number of likely N-dealkylation sites (tertiary alicyclic amines) is 1. The topological polar surface area (TPSA) is 3.24 Å². The molecular formula is C21H47N. The van der Waals surface area contributed by atoms with Crippen LogP contribution >= 0.6 is 0 Å². The van der Waals surface area contributed by atoms with Crippen molar-refractivity contribution in [3.63, 3.8) is 0 Å². The second-order valence-electron chi connectivity index (χ2n) is 6.83. The van der Waals surface area contributed by atoms with E-state index in [1.54, 1.807) is 0 Å². The van der Waals surface area contributed by atoms with Crippen LogP contribution in [0.2, 0.25) is 0 Å². The van der Waals surface area contributed by atoms with Gasteiger partial charge < -0.3 is 4.90 Å². The van der Waals surface area contributed by atoms with Crippen LogP contribution in [0.4, 0.5) is 0 Å². The lowest BCUT2D eigenvalue weighted by molar-refractivity contribution is 0.185. The molecule has 0 N–H and O–H groups in total. The first kappa shape index (κ1) is 24.2. The van der Waals surface area contributed by atoms with Crippen molar-refractivity contribution in [2.75, 3.05) is 13.1 Å². The Balaban J connectivity index is 0. The molecule has 2 fully saturated rings. The Morgan fingerprint density at radius 1 is 0.636 bits per heavy atom. The molecular weight excluding hydrogens is 266 g/mol. The van der Waals surface area contributed by atoms with Crippen LogP contribution in [0, 0.1) is 11.8 Å². The fourth-order valence-corrected chi connectivity index (χ4v) is 3.24. The van der Waals surface area contributed by atoms with Crippen LogP contribution in [0.1, 0.15) is 107 Å². The second kappa shape index (κ2) is 17.3. The minimum absolute atomic E-state index is 0.769. The molecule has 1 saturated carbocycles. The van der Waals surface area contributed by atoms with Crippen molar-refractivity contribution in [1.29, 1.82) is 0 Å². The summed E-state index contributed by atoms with van der Waals surface area (Å²) in [6, 6.07) is 0.769. The van der Waals surface area contributed by atoms with Crippen LogP contribution in [-0.2, 0) is 0 Å². The Morgan fingerprint density at radius 2 is 1.05 bits per heavy atom. The normalized spacial score (nSPS) is 19.4. The molecule has 2 aliphatic rings. The lowest BCUT2D eigenvalue weighted by Crippen LogP contribution is -2.35. The van der Waals surface area contributed by atoms with Crippen molar-refractivity contribution in [3.05, 3.63) is 0 Å². The number of hydrogen-bond acceptors (Lipinski definition) is 1. The molecule has 2 rings (SSSR count). The molecule has 1 saturated heterocycles. The van der Waals surface area contributed by atoms with Crippen molar-refractivity contribution in [3.8, 4) is 0 Å². The second-order valence-corrected chi connectivity index (χ2v) is 6.83. The minimum atomic E-state index is 0.769. The SMILES string of the molecule is CC.CC.CC(C)C1CCCCC1.CC(C)N1CCCCC1. The Labute approximate surface area is 143 Å². The molecule has 22 heavy (non-hydrogen) atoms. The highest BCUT2D eigenvalue weighted by atomic mass is 15.1. The van der Waals surface area contributed by atoms with Gasteiger partial charge in [0, 0.05) is 6.04 Å². The van der Waals surface area contributed by atoms with Gasteiger partial charge in [0.05, 0.1) is 0 Å². The van der Waals surface area contributed by atoms with E-state index in [4.69, 9.17) is 0 Å². The molecule has 1 heteroatoms. The van der Waals surface area contributed by atoms with Crippen molar-refractivity contribution < 1.29 is 0 Å². The lowest BCUT2D eigenvalue weighted by atomic mass is 9.82. The molecule has 0 unspecified atom stereocenters. The molecule has 1 nitrogen and oxygen atoms in total. The van der Waals surface area contributed by atoms with Crippen molar-refractivity contribution in [1.82, 2.24) is 4.90 Å². The summed E-state index contributed by atoms with van der Waals surface area (Å²) in [6.07, 6.45) is 11.7. The van der Waals surface area contributed by atoms with E-state index in [0.717, 1.165) is 17.9 Å². The fourth-order valence-electron chi connectivity index (χ4n) is 3.24. The van der Waals surface area contributed by atoms with E-state index in [-0.39, 0.29) is 0 Å². The predicted octanol–water partition coefficient (Wildman–Crippen LogP) is 7.16. The highest BCUT2D eigenvalue weighted by Crippen LogP contribution is 2.29. The first-order valence-electron chi connectivity index (χ1n) is 10.3. The van der Waals surface area contributed by atoms with Gasteiger partial charge in [-0.25, -0.2) is 0 Å².